The Morgan fingerprint density at radius 2 is 2.00 bits per heavy atom. The van der Waals surface area contributed by atoms with Gasteiger partial charge in [0.15, 0.2) is 0 Å². The van der Waals surface area contributed by atoms with Gasteiger partial charge in [-0.2, -0.15) is 0 Å². The van der Waals surface area contributed by atoms with E-state index in [0.717, 1.165) is 0 Å². The van der Waals surface area contributed by atoms with Gasteiger partial charge in [0, 0.05) is 0 Å². The zero-order chi connectivity index (χ0) is 8.91. The molecule has 0 aliphatic carbocycles. The van der Waals surface area contributed by atoms with Gasteiger partial charge in [-0.15, -0.1) is 0 Å². The molecule has 0 aliphatic heterocycles. The van der Waals surface area contributed by atoms with Crippen LogP contribution in [-0.2, 0) is 0 Å². The normalized spacial score (nSPS) is 15.7. The fourth-order valence-electron chi connectivity index (χ4n) is 0.514. The molecule has 0 saturated carbocycles. The Morgan fingerprint density at radius 1 is 1.45 bits per heavy atom. The zero-order valence-corrected chi connectivity index (χ0v) is 12.1. The van der Waals surface area contributed by atoms with Gasteiger partial charge in [-0.05, 0) is 0 Å². The van der Waals surface area contributed by atoms with Crippen molar-refractivity contribution >= 4 is 0 Å². The number of halogens is 2. The molecule has 0 rings (SSSR count). The third kappa shape index (κ3) is 4.87. The molecule has 1 unspecified atom stereocenters. The van der Waals surface area contributed by atoms with Gasteiger partial charge >= 0.3 is 92.2 Å². The molecule has 0 radical (unpaired) electrons. The minimum atomic E-state index is 0.271. The number of hydrogen-bond donors (Lipinski definition) is 1. The van der Waals surface area contributed by atoms with Crippen molar-refractivity contribution in [1.29, 1.82) is 0 Å². The van der Waals surface area contributed by atoms with Crippen LogP contribution in [0.2, 0.25) is 0 Å². The monoisotopic (exact) mass is 383 g/mol. The molecule has 11 heavy (non-hydrogen) atoms. The molecule has 0 aromatic rings. The summed E-state index contributed by atoms with van der Waals surface area (Å²) in [6, 6.07) is 0. The molecular weight excluding hydrogens is 364 g/mol. The van der Waals surface area contributed by atoms with Crippen molar-refractivity contribution in [2.24, 2.45) is 5.73 Å². The van der Waals surface area contributed by atoms with Gasteiger partial charge in [0.25, 0.3) is 0 Å². The van der Waals surface area contributed by atoms with Crippen LogP contribution < -0.4 is 48.1 Å². The summed E-state index contributed by atoms with van der Waals surface area (Å²) in [4.78, 5) is 2.34. The van der Waals surface area contributed by atoms with E-state index in [-0.39, 0.29) is 21.2 Å². The molecule has 0 amide bonds. The summed E-state index contributed by atoms with van der Waals surface area (Å²) in [6.07, 6.45) is 1.32. The van der Waals surface area contributed by atoms with Gasteiger partial charge in [0.2, 0.25) is 0 Å². The van der Waals surface area contributed by atoms with Crippen LogP contribution in [0, 0.1) is 0 Å². The first-order valence-electron chi connectivity index (χ1n) is 3.88. The molecule has 1 nitrogen and oxygen atoms in total. The summed E-state index contributed by atoms with van der Waals surface area (Å²) < 4.78 is 2.42. The average Bonchev–Trinajstić information content (AvgIpc) is 2.00. The molecule has 0 spiro atoms. The summed E-state index contributed by atoms with van der Waals surface area (Å²) in [7, 11) is 0. The van der Waals surface area contributed by atoms with Gasteiger partial charge < -0.3 is 0 Å². The third-order valence-corrected chi connectivity index (χ3v) is 10.5. The van der Waals surface area contributed by atoms with E-state index in [0.29, 0.717) is 28.7 Å². The average molecular weight is 383 g/mol. The van der Waals surface area contributed by atoms with Crippen LogP contribution in [0.3, 0.4) is 0 Å². The van der Waals surface area contributed by atoms with Gasteiger partial charge in [0.1, 0.15) is 0 Å². The molecule has 0 aliphatic rings. The van der Waals surface area contributed by atoms with E-state index in [9.17, 15) is 0 Å². The second kappa shape index (κ2) is 5.96. The molecular formula is C8H19I2N-2. The summed E-state index contributed by atoms with van der Waals surface area (Å²) in [5.74, 6) is 0. The second-order valence-corrected chi connectivity index (χ2v) is 10.2. The molecule has 0 heterocycles. The van der Waals surface area contributed by atoms with E-state index in [2.05, 4.69) is 25.7 Å². The van der Waals surface area contributed by atoms with E-state index in [1.807, 2.05) is 0 Å². The summed E-state index contributed by atoms with van der Waals surface area (Å²) >= 11 is 0.577. The minimum absolute atomic E-state index is 0.271. The van der Waals surface area contributed by atoms with E-state index in [4.69, 9.17) is 5.73 Å². The Balaban J connectivity index is 3.71. The van der Waals surface area contributed by atoms with Crippen LogP contribution in [0.4, 0.5) is 0 Å². The molecule has 1 atom stereocenters. The van der Waals surface area contributed by atoms with Crippen molar-refractivity contribution in [2.45, 2.75) is 34.7 Å². The van der Waals surface area contributed by atoms with Crippen LogP contribution in [-0.4, -0.2) is 16.8 Å². The van der Waals surface area contributed by atoms with Gasteiger partial charge in [-0.25, -0.2) is 0 Å². The first-order valence-corrected chi connectivity index (χ1v) is 9.89. The SMILES string of the molecule is CCC[I-]C(N)C(C)(C)[I-]C. The van der Waals surface area contributed by atoms with Crippen molar-refractivity contribution in [3.05, 3.63) is 0 Å². The molecule has 3 heteroatoms. The molecule has 72 valence electrons. The number of alkyl halides is 4. The summed E-state index contributed by atoms with van der Waals surface area (Å²) in [5.41, 5.74) is 6.12. The van der Waals surface area contributed by atoms with Crippen LogP contribution in [0.25, 0.3) is 0 Å². The third-order valence-electron chi connectivity index (χ3n) is 1.61. The number of hydrogen-bond acceptors (Lipinski definition) is 1. The van der Waals surface area contributed by atoms with Crippen molar-refractivity contribution in [3.8, 4) is 0 Å². The predicted octanol–water partition coefficient (Wildman–Crippen LogP) is -4.73. The van der Waals surface area contributed by atoms with Gasteiger partial charge in [-0.3, -0.25) is 0 Å². The van der Waals surface area contributed by atoms with Crippen molar-refractivity contribution in [2.75, 3.05) is 9.36 Å². The maximum absolute atomic E-state index is 6.12. The van der Waals surface area contributed by atoms with Crippen LogP contribution in [0.1, 0.15) is 27.2 Å². The van der Waals surface area contributed by atoms with Crippen molar-refractivity contribution < 1.29 is 42.4 Å². The molecule has 0 saturated heterocycles. The van der Waals surface area contributed by atoms with E-state index in [1.54, 1.807) is 0 Å². The molecule has 0 bridgehead atoms. The van der Waals surface area contributed by atoms with E-state index < -0.39 is 0 Å². The summed E-state index contributed by atoms with van der Waals surface area (Å²) in [5, 5.41) is 0. The quantitative estimate of drug-likeness (QED) is 0.288. The molecule has 0 aromatic carbocycles. The second-order valence-electron chi connectivity index (χ2n) is 3.00. The standard InChI is InChI=1S/C8H19I2N/c1-5-6-10-7(11)8(2,3)9-4/h7H,5-6,11H2,1-4H3/q-2. The van der Waals surface area contributed by atoms with Crippen molar-refractivity contribution in [1.82, 2.24) is 0 Å². The number of rotatable bonds is 5. The Bertz CT molecular complexity index is 104. The topological polar surface area (TPSA) is 26.0 Å². The van der Waals surface area contributed by atoms with Crippen LogP contribution in [0.5, 0.6) is 0 Å². The van der Waals surface area contributed by atoms with Gasteiger partial charge in [-0.1, -0.05) is 0 Å². The van der Waals surface area contributed by atoms with Gasteiger partial charge in [0.05, 0.1) is 0 Å². The first-order chi connectivity index (χ1) is 5.04. The Labute approximate surface area is 91.4 Å². The fourth-order valence-corrected chi connectivity index (χ4v) is 6.15. The summed E-state index contributed by atoms with van der Waals surface area (Å²) in [6.45, 7) is 6.92. The van der Waals surface area contributed by atoms with Crippen molar-refractivity contribution in [3.63, 3.8) is 0 Å². The fraction of sp³-hybridized carbons (Fsp3) is 1.00. The molecule has 0 fully saturated rings. The van der Waals surface area contributed by atoms with E-state index >= 15 is 0 Å². The van der Waals surface area contributed by atoms with Crippen LogP contribution >= 0.6 is 0 Å². The van der Waals surface area contributed by atoms with E-state index in [1.165, 1.54) is 10.8 Å². The van der Waals surface area contributed by atoms with Crippen LogP contribution in [0.15, 0.2) is 0 Å². The Kier molecular flexibility index (Phi) is 6.73. The number of nitrogens with two attached hydrogens (primary N) is 1. The Hall–Kier alpha value is 1.42. The maximum atomic E-state index is 6.12. The Morgan fingerprint density at radius 3 is 2.36 bits per heavy atom. The molecule has 2 N–H and O–H groups in total. The molecule has 0 aromatic heterocycles. The zero-order valence-electron chi connectivity index (χ0n) is 7.82. The first kappa shape index (κ1) is 12.4. The predicted molar refractivity (Wildman–Crippen MR) is 43.1 cm³/mol.